The molecule has 0 aromatic carbocycles. The van der Waals surface area contributed by atoms with Crippen LogP contribution in [0.15, 0.2) is 5.03 Å². The van der Waals surface area contributed by atoms with Crippen LogP contribution in [0.4, 0.5) is 0 Å². The molecule has 114 valence electrons. The predicted octanol–water partition coefficient (Wildman–Crippen LogP) is 0.258. The lowest BCUT2D eigenvalue weighted by atomic mass is 10.0. The summed E-state index contributed by atoms with van der Waals surface area (Å²) in [4.78, 5) is 0. The normalized spacial score (nSPS) is 20.5. The first-order valence-electron chi connectivity index (χ1n) is 6.65. The van der Waals surface area contributed by atoms with E-state index in [0.29, 0.717) is 24.4 Å². The Labute approximate surface area is 119 Å². The molecular weight excluding hydrogens is 282 g/mol. The Kier molecular flexibility index (Phi) is 4.79. The molecular formula is C12H21N3O4S. The third-order valence-corrected chi connectivity index (χ3v) is 5.41. The Morgan fingerprint density at radius 1 is 1.55 bits per heavy atom. The predicted molar refractivity (Wildman–Crippen MR) is 72.6 cm³/mol. The number of hydrogen-bond donors (Lipinski definition) is 2. The van der Waals surface area contributed by atoms with Gasteiger partial charge in [-0.3, -0.25) is 5.10 Å². The molecule has 1 fully saturated rings. The number of aryl methyl sites for hydroxylation is 1. The van der Waals surface area contributed by atoms with Crippen molar-refractivity contribution in [3.05, 3.63) is 11.3 Å². The van der Waals surface area contributed by atoms with E-state index in [1.165, 1.54) is 11.4 Å². The number of aromatic nitrogens is 2. The number of rotatable bonds is 5. The molecule has 0 aliphatic carbocycles. The van der Waals surface area contributed by atoms with Gasteiger partial charge in [0.05, 0.1) is 13.2 Å². The van der Waals surface area contributed by atoms with Gasteiger partial charge in [0.2, 0.25) is 0 Å². The van der Waals surface area contributed by atoms with Gasteiger partial charge in [-0.15, -0.1) is 0 Å². The molecule has 0 radical (unpaired) electrons. The lowest BCUT2D eigenvalue weighted by Crippen LogP contribution is -2.35. The number of nitrogens with zero attached hydrogens (tertiary/aromatic N) is 2. The van der Waals surface area contributed by atoms with Crippen molar-refractivity contribution >= 4 is 10.0 Å². The van der Waals surface area contributed by atoms with Crippen molar-refractivity contribution in [2.45, 2.75) is 31.4 Å². The fourth-order valence-corrected chi connectivity index (χ4v) is 3.78. The maximum atomic E-state index is 12.5. The molecule has 1 aromatic heterocycles. The number of aromatic amines is 1. The quantitative estimate of drug-likeness (QED) is 0.813. The van der Waals surface area contributed by atoms with E-state index in [1.807, 2.05) is 0 Å². The van der Waals surface area contributed by atoms with Crippen molar-refractivity contribution in [2.24, 2.45) is 5.92 Å². The average molecular weight is 303 g/mol. The minimum Gasteiger partial charge on any atom is -0.392 e. The Hall–Kier alpha value is -0.960. The monoisotopic (exact) mass is 303 g/mol. The first-order valence-corrected chi connectivity index (χ1v) is 8.09. The van der Waals surface area contributed by atoms with Crippen molar-refractivity contribution in [2.75, 3.05) is 26.8 Å². The minimum absolute atomic E-state index is 0.0864. The van der Waals surface area contributed by atoms with Crippen LogP contribution in [0.1, 0.15) is 24.1 Å². The first-order chi connectivity index (χ1) is 9.46. The molecule has 2 N–H and O–H groups in total. The van der Waals surface area contributed by atoms with Crippen molar-refractivity contribution in [1.82, 2.24) is 14.5 Å². The Balaban J connectivity index is 2.16. The molecule has 0 amide bonds. The van der Waals surface area contributed by atoms with Crippen LogP contribution >= 0.6 is 0 Å². The van der Waals surface area contributed by atoms with E-state index < -0.39 is 10.0 Å². The second-order valence-electron chi connectivity index (χ2n) is 5.16. The smallest absolute Gasteiger partial charge is 0.262 e. The molecule has 8 heteroatoms. The molecule has 7 nitrogen and oxygen atoms in total. The van der Waals surface area contributed by atoms with Crippen molar-refractivity contribution in [3.63, 3.8) is 0 Å². The third-order valence-electron chi connectivity index (χ3n) is 3.62. The van der Waals surface area contributed by atoms with Crippen molar-refractivity contribution in [1.29, 1.82) is 0 Å². The largest absolute Gasteiger partial charge is 0.392 e. The van der Waals surface area contributed by atoms with E-state index in [9.17, 15) is 13.5 Å². The SMILES string of the molecule is Cc1[nH]nc(S(=O)(=O)N(C)CC2CCCOC2)c1CO. The van der Waals surface area contributed by atoms with Gasteiger partial charge in [-0.25, -0.2) is 8.42 Å². The molecule has 1 saturated heterocycles. The van der Waals surface area contributed by atoms with Gasteiger partial charge in [0.15, 0.2) is 5.03 Å². The van der Waals surface area contributed by atoms with Crippen LogP contribution in [0.3, 0.4) is 0 Å². The summed E-state index contributed by atoms with van der Waals surface area (Å²) in [6.45, 7) is 3.08. The Morgan fingerprint density at radius 3 is 2.90 bits per heavy atom. The van der Waals surface area contributed by atoms with Crippen LogP contribution in [0, 0.1) is 12.8 Å². The molecule has 0 spiro atoms. The molecule has 1 unspecified atom stereocenters. The van der Waals surface area contributed by atoms with Gasteiger partial charge in [0.25, 0.3) is 10.0 Å². The highest BCUT2D eigenvalue weighted by molar-refractivity contribution is 7.89. The fraction of sp³-hybridized carbons (Fsp3) is 0.750. The summed E-state index contributed by atoms with van der Waals surface area (Å²) in [6.07, 6.45) is 1.92. The number of ether oxygens (including phenoxy) is 1. The molecule has 1 aliphatic rings. The summed E-state index contributed by atoms with van der Waals surface area (Å²) < 4.78 is 31.6. The molecule has 2 rings (SSSR count). The second-order valence-corrected chi connectivity index (χ2v) is 7.12. The van der Waals surface area contributed by atoms with E-state index >= 15 is 0 Å². The van der Waals surface area contributed by atoms with Gasteiger partial charge in [0, 0.05) is 31.5 Å². The molecule has 0 bridgehead atoms. The summed E-state index contributed by atoms with van der Waals surface area (Å²) >= 11 is 0. The van der Waals surface area contributed by atoms with Gasteiger partial charge in [0.1, 0.15) is 0 Å². The number of hydrogen-bond acceptors (Lipinski definition) is 5. The molecule has 1 aromatic rings. The fourth-order valence-electron chi connectivity index (χ4n) is 2.39. The van der Waals surface area contributed by atoms with Crippen LogP contribution < -0.4 is 0 Å². The van der Waals surface area contributed by atoms with Gasteiger partial charge < -0.3 is 9.84 Å². The second kappa shape index (κ2) is 6.21. The Bertz CT molecular complexity index is 549. The number of H-pyrrole nitrogens is 1. The molecule has 0 saturated carbocycles. The lowest BCUT2D eigenvalue weighted by Gasteiger charge is -2.26. The highest BCUT2D eigenvalue weighted by Gasteiger charge is 2.30. The average Bonchev–Trinajstić information content (AvgIpc) is 2.81. The van der Waals surface area contributed by atoms with Crippen molar-refractivity contribution in [3.8, 4) is 0 Å². The van der Waals surface area contributed by atoms with Gasteiger partial charge >= 0.3 is 0 Å². The number of nitrogens with one attached hydrogen (secondary N) is 1. The third kappa shape index (κ3) is 3.03. The van der Waals surface area contributed by atoms with E-state index in [1.54, 1.807) is 6.92 Å². The van der Waals surface area contributed by atoms with E-state index in [-0.39, 0.29) is 17.6 Å². The topological polar surface area (TPSA) is 95.5 Å². The molecule has 20 heavy (non-hydrogen) atoms. The van der Waals surface area contributed by atoms with E-state index in [4.69, 9.17) is 4.74 Å². The number of sulfonamides is 1. The molecule has 1 atom stereocenters. The highest BCUT2D eigenvalue weighted by atomic mass is 32.2. The van der Waals surface area contributed by atoms with Gasteiger partial charge in [-0.05, 0) is 25.7 Å². The zero-order chi connectivity index (χ0) is 14.8. The van der Waals surface area contributed by atoms with Crippen LogP contribution in [0.25, 0.3) is 0 Å². The summed E-state index contributed by atoms with van der Waals surface area (Å²) in [6, 6.07) is 0. The zero-order valence-corrected chi connectivity index (χ0v) is 12.6. The highest BCUT2D eigenvalue weighted by Crippen LogP contribution is 2.22. The molecule has 1 aliphatic heterocycles. The Morgan fingerprint density at radius 2 is 2.30 bits per heavy atom. The number of aliphatic hydroxyl groups excluding tert-OH is 1. The molecule has 2 heterocycles. The van der Waals surface area contributed by atoms with E-state index in [2.05, 4.69) is 10.2 Å². The maximum Gasteiger partial charge on any atom is 0.262 e. The van der Waals surface area contributed by atoms with Crippen LogP contribution in [-0.2, 0) is 21.4 Å². The van der Waals surface area contributed by atoms with Crippen LogP contribution in [0.5, 0.6) is 0 Å². The first kappa shape index (κ1) is 15.4. The van der Waals surface area contributed by atoms with Gasteiger partial charge in [-0.2, -0.15) is 9.40 Å². The summed E-state index contributed by atoms with van der Waals surface area (Å²) in [5.41, 5.74) is 0.900. The summed E-state index contributed by atoms with van der Waals surface area (Å²) in [5.74, 6) is 0.209. The van der Waals surface area contributed by atoms with Crippen molar-refractivity contribution < 1.29 is 18.3 Å². The maximum absolute atomic E-state index is 12.5. The lowest BCUT2D eigenvalue weighted by molar-refractivity contribution is 0.0495. The zero-order valence-electron chi connectivity index (χ0n) is 11.8. The van der Waals surface area contributed by atoms with Crippen LogP contribution in [-0.4, -0.2) is 54.8 Å². The number of aliphatic hydroxyl groups is 1. The van der Waals surface area contributed by atoms with E-state index in [0.717, 1.165) is 19.4 Å². The summed E-state index contributed by atoms with van der Waals surface area (Å²) in [5, 5.41) is 15.6. The van der Waals surface area contributed by atoms with Gasteiger partial charge in [-0.1, -0.05) is 0 Å². The van der Waals surface area contributed by atoms with Crippen LogP contribution in [0.2, 0.25) is 0 Å². The minimum atomic E-state index is -3.68. The summed E-state index contributed by atoms with van der Waals surface area (Å²) in [7, 11) is -2.15. The standard InChI is InChI=1S/C12H21N3O4S/c1-9-11(7-16)12(14-13-9)20(17,18)15(2)6-10-4-3-5-19-8-10/h10,16H,3-8H2,1-2H3,(H,13,14).